The highest BCUT2D eigenvalue weighted by molar-refractivity contribution is 7.26. The molecule has 5 aromatic heterocycles. The van der Waals surface area contributed by atoms with Gasteiger partial charge in [-0.05, 0) is 82.9 Å². The maximum absolute atomic E-state index is 6.65. The van der Waals surface area contributed by atoms with Crippen molar-refractivity contribution < 1.29 is 4.42 Å². The standard InChI is InChI=1S/C63H36N4OS2/c1-2-14-37(15-3-1)61-64-62(40-16-10-17-41(34-40)67-51-25-7-4-18-44(51)45-19-5-8-26-52(45)67)66-63(65-61)49-24-12-27-54-58(49)50-35-38(31-33-53(50)68-54)42-21-13-29-56-59(42)48-23-11-22-43(60(48)70-56)39-30-32-47-46-20-6-9-28-55(46)69-57(47)36-39/h1-36H. The van der Waals surface area contributed by atoms with E-state index < -0.39 is 0 Å². The summed E-state index contributed by atoms with van der Waals surface area (Å²) in [5.74, 6) is 1.78. The van der Waals surface area contributed by atoms with Gasteiger partial charge < -0.3 is 8.98 Å². The zero-order valence-corrected chi connectivity index (χ0v) is 38.9. The van der Waals surface area contributed by atoms with Crippen molar-refractivity contribution in [2.75, 3.05) is 0 Å². The summed E-state index contributed by atoms with van der Waals surface area (Å²) >= 11 is 3.74. The number of thiophene rings is 2. The topological polar surface area (TPSA) is 56.7 Å². The Morgan fingerprint density at radius 1 is 0.329 bits per heavy atom. The second-order valence-electron chi connectivity index (χ2n) is 17.9. The zero-order chi connectivity index (χ0) is 45.9. The molecule has 15 aromatic rings. The van der Waals surface area contributed by atoms with E-state index in [0.29, 0.717) is 17.5 Å². The number of benzene rings is 10. The lowest BCUT2D eigenvalue weighted by Gasteiger charge is -2.12. The summed E-state index contributed by atoms with van der Waals surface area (Å²) in [7, 11) is 0. The fourth-order valence-corrected chi connectivity index (χ4v) is 13.1. The summed E-state index contributed by atoms with van der Waals surface area (Å²) in [6, 6.07) is 77.8. The normalized spacial score (nSPS) is 12.0. The number of aromatic nitrogens is 4. The summed E-state index contributed by atoms with van der Waals surface area (Å²) < 4.78 is 14.2. The molecular formula is C63H36N4OS2. The molecule has 0 N–H and O–H groups in total. The highest BCUT2D eigenvalue weighted by Crippen LogP contribution is 2.47. The molecule has 0 fully saturated rings. The average Bonchev–Trinajstić information content (AvgIpc) is 4.20. The van der Waals surface area contributed by atoms with Crippen LogP contribution in [-0.4, -0.2) is 19.5 Å². The van der Waals surface area contributed by atoms with E-state index in [2.05, 4.69) is 193 Å². The molecule has 0 aliphatic carbocycles. The van der Waals surface area contributed by atoms with Crippen molar-refractivity contribution in [3.63, 3.8) is 0 Å². The monoisotopic (exact) mass is 928 g/mol. The van der Waals surface area contributed by atoms with Crippen LogP contribution in [-0.2, 0) is 0 Å². The lowest BCUT2D eigenvalue weighted by atomic mass is 9.95. The summed E-state index contributed by atoms with van der Waals surface area (Å²) in [4.78, 5) is 15.7. The third-order valence-corrected chi connectivity index (χ3v) is 16.2. The third kappa shape index (κ3) is 6.05. The molecule has 15 rings (SSSR count). The molecule has 0 spiro atoms. The minimum Gasteiger partial charge on any atom is -0.456 e. The van der Waals surface area contributed by atoms with Crippen molar-refractivity contribution in [3.05, 3.63) is 218 Å². The van der Waals surface area contributed by atoms with E-state index in [-0.39, 0.29) is 0 Å². The molecule has 10 aromatic carbocycles. The lowest BCUT2D eigenvalue weighted by molar-refractivity contribution is 0.669. The number of fused-ring (bicyclic) bond motifs is 12. The number of rotatable bonds is 6. The highest BCUT2D eigenvalue weighted by atomic mass is 32.1. The molecule has 0 saturated heterocycles. The fourth-order valence-electron chi connectivity index (χ4n) is 10.7. The maximum Gasteiger partial charge on any atom is 0.164 e. The number of para-hydroxylation sites is 2. The van der Waals surface area contributed by atoms with Crippen LogP contribution in [0.1, 0.15) is 0 Å². The predicted octanol–water partition coefficient (Wildman–Crippen LogP) is 17.9. The molecule has 0 bridgehead atoms. The molecule has 0 atom stereocenters. The molecular weight excluding hydrogens is 893 g/mol. The first-order valence-corrected chi connectivity index (χ1v) is 25.0. The van der Waals surface area contributed by atoms with Crippen LogP contribution in [0.15, 0.2) is 223 Å². The van der Waals surface area contributed by atoms with Gasteiger partial charge in [0.15, 0.2) is 17.5 Å². The SMILES string of the molecule is c1ccc(-c2nc(-c3cccc(-n4c5ccccc5c5ccccc54)c3)nc(-c3cccc4oc5ccc(-c6cccc7sc8c(-c9ccc%10c(c9)sc9ccccc9%10)cccc8c67)cc5c34)n2)cc1. The van der Waals surface area contributed by atoms with Gasteiger partial charge in [-0.15, -0.1) is 22.7 Å². The van der Waals surface area contributed by atoms with Crippen molar-refractivity contribution in [3.8, 4) is 62.1 Å². The Labute approximate surface area is 408 Å². The highest BCUT2D eigenvalue weighted by Gasteiger charge is 2.21. The molecule has 7 heteroatoms. The quantitative estimate of drug-likeness (QED) is 0.167. The number of hydrogen-bond donors (Lipinski definition) is 0. The number of nitrogens with zero attached hydrogens (tertiary/aromatic N) is 4. The van der Waals surface area contributed by atoms with Crippen LogP contribution in [0.25, 0.3) is 146 Å². The van der Waals surface area contributed by atoms with Gasteiger partial charge in [0.25, 0.3) is 0 Å². The van der Waals surface area contributed by atoms with Crippen molar-refractivity contribution in [1.82, 2.24) is 19.5 Å². The van der Waals surface area contributed by atoms with E-state index in [4.69, 9.17) is 19.4 Å². The Morgan fingerprint density at radius 3 is 1.80 bits per heavy atom. The third-order valence-electron chi connectivity index (χ3n) is 13.9. The van der Waals surface area contributed by atoms with Crippen molar-refractivity contribution in [1.29, 1.82) is 0 Å². The molecule has 0 amide bonds. The lowest BCUT2D eigenvalue weighted by Crippen LogP contribution is -2.01. The van der Waals surface area contributed by atoms with Gasteiger partial charge >= 0.3 is 0 Å². The Kier molecular flexibility index (Phi) is 8.63. The fraction of sp³-hybridized carbons (Fsp3) is 0. The molecule has 0 aliphatic heterocycles. The van der Waals surface area contributed by atoms with E-state index in [0.717, 1.165) is 60.9 Å². The summed E-state index contributed by atoms with van der Waals surface area (Å²) in [6.07, 6.45) is 0. The van der Waals surface area contributed by atoms with E-state index in [1.807, 2.05) is 53.0 Å². The Hall–Kier alpha value is -8.75. The molecule has 5 heterocycles. The van der Waals surface area contributed by atoms with Crippen LogP contribution in [0.3, 0.4) is 0 Å². The van der Waals surface area contributed by atoms with Gasteiger partial charge in [-0.25, -0.2) is 15.0 Å². The number of hydrogen-bond acceptors (Lipinski definition) is 6. The Balaban J connectivity index is 0.884. The van der Waals surface area contributed by atoms with Gasteiger partial charge in [0.1, 0.15) is 11.2 Å². The second kappa shape index (κ2) is 15.4. The van der Waals surface area contributed by atoms with E-state index in [9.17, 15) is 0 Å². The largest absolute Gasteiger partial charge is 0.456 e. The van der Waals surface area contributed by atoms with Gasteiger partial charge in [0.05, 0.1) is 11.0 Å². The molecule has 5 nitrogen and oxygen atoms in total. The molecule has 0 aliphatic rings. The summed E-state index contributed by atoms with van der Waals surface area (Å²) in [5.41, 5.74) is 12.4. The van der Waals surface area contributed by atoms with Crippen LogP contribution in [0.5, 0.6) is 0 Å². The van der Waals surface area contributed by atoms with Crippen molar-refractivity contribution in [2.45, 2.75) is 0 Å². The smallest absolute Gasteiger partial charge is 0.164 e. The van der Waals surface area contributed by atoms with Crippen LogP contribution >= 0.6 is 22.7 Å². The summed E-state index contributed by atoms with van der Waals surface area (Å²) in [5, 5.41) is 9.56. The van der Waals surface area contributed by atoms with Crippen LogP contribution < -0.4 is 0 Å². The van der Waals surface area contributed by atoms with E-state index >= 15 is 0 Å². The van der Waals surface area contributed by atoms with Gasteiger partial charge in [0, 0.05) is 84.3 Å². The van der Waals surface area contributed by atoms with Crippen LogP contribution in [0, 0.1) is 0 Å². The first kappa shape index (κ1) is 39.3. The molecule has 0 radical (unpaired) electrons. The maximum atomic E-state index is 6.65. The van der Waals surface area contributed by atoms with Gasteiger partial charge in [0.2, 0.25) is 0 Å². The average molecular weight is 929 g/mol. The van der Waals surface area contributed by atoms with Crippen molar-refractivity contribution in [2.24, 2.45) is 0 Å². The van der Waals surface area contributed by atoms with E-state index in [1.165, 1.54) is 67.8 Å². The van der Waals surface area contributed by atoms with Gasteiger partial charge in [-0.3, -0.25) is 0 Å². The predicted molar refractivity (Wildman–Crippen MR) is 294 cm³/mol. The zero-order valence-electron chi connectivity index (χ0n) is 37.3. The first-order chi connectivity index (χ1) is 34.7. The molecule has 0 saturated carbocycles. The van der Waals surface area contributed by atoms with Gasteiger partial charge in [-0.2, -0.15) is 0 Å². The minimum atomic E-state index is 0.581. The molecule has 326 valence electrons. The number of furan rings is 1. The molecule has 0 unspecified atom stereocenters. The Bertz CT molecular complexity index is 4560. The van der Waals surface area contributed by atoms with Gasteiger partial charge in [-0.1, -0.05) is 158 Å². The summed E-state index contributed by atoms with van der Waals surface area (Å²) in [6.45, 7) is 0. The van der Waals surface area contributed by atoms with Crippen molar-refractivity contribution >= 4 is 107 Å². The van der Waals surface area contributed by atoms with Crippen LogP contribution in [0.2, 0.25) is 0 Å². The minimum absolute atomic E-state index is 0.581. The molecule has 70 heavy (non-hydrogen) atoms. The van der Waals surface area contributed by atoms with E-state index in [1.54, 1.807) is 0 Å². The van der Waals surface area contributed by atoms with Crippen LogP contribution in [0.4, 0.5) is 0 Å². The second-order valence-corrected chi connectivity index (χ2v) is 20.0. The first-order valence-electron chi connectivity index (χ1n) is 23.4. The Morgan fingerprint density at radius 2 is 0.943 bits per heavy atom.